The van der Waals surface area contributed by atoms with Crippen LogP contribution in [-0.4, -0.2) is 47.3 Å². The SMILES string of the molecule is CCCN1C(=O)CC[C@H]2CN(C(=O)c3cc(C(C)C)oc3C)CC[C@H]21. The molecule has 25 heavy (non-hydrogen) atoms. The monoisotopic (exact) mass is 346 g/mol. The van der Waals surface area contributed by atoms with Gasteiger partial charge in [0.25, 0.3) is 5.91 Å². The molecule has 0 radical (unpaired) electrons. The molecule has 0 bridgehead atoms. The third-order valence-electron chi connectivity index (χ3n) is 5.63. The highest BCUT2D eigenvalue weighted by Crippen LogP contribution is 2.32. The van der Waals surface area contributed by atoms with E-state index in [0.29, 0.717) is 29.7 Å². The summed E-state index contributed by atoms with van der Waals surface area (Å²) in [6.07, 6.45) is 3.39. The molecule has 0 aromatic carbocycles. The van der Waals surface area contributed by atoms with Gasteiger partial charge in [0.1, 0.15) is 11.5 Å². The zero-order valence-corrected chi connectivity index (χ0v) is 15.9. The molecule has 138 valence electrons. The summed E-state index contributed by atoms with van der Waals surface area (Å²) in [7, 11) is 0. The quantitative estimate of drug-likeness (QED) is 0.837. The normalized spacial score (nSPS) is 24.0. The molecule has 0 spiro atoms. The number of nitrogens with zero attached hydrogens (tertiary/aromatic N) is 2. The Bertz CT molecular complexity index is 649. The summed E-state index contributed by atoms with van der Waals surface area (Å²) in [6, 6.07) is 2.21. The third-order valence-corrected chi connectivity index (χ3v) is 5.63. The summed E-state index contributed by atoms with van der Waals surface area (Å²) in [5.41, 5.74) is 0.694. The van der Waals surface area contributed by atoms with Crippen molar-refractivity contribution in [1.82, 2.24) is 9.80 Å². The van der Waals surface area contributed by atoms with Crippen LogP contribution in [0.25, 0.3) is 0 Å². The minimum atomic E-state index is 0.0746. The fourth-order valence-corrected chi connectivity index (χ4v) is 4.24. The summed E-state index contributed by atoms with van der Waals surface area (Å²) in [5, 5.41) is 0. The summed E-state index contributed by atoms with van der Waals surface area (Å²) < 4.78 is 5.76. The van der Waals surface area contributed by atoms with Crippen LogP contribution in [0.15, 0.2) is 10.5 Å². The Hall–Kier alpha value is -1.78. The Kier molecular flexibility index (Phi) is 5.21. The van der Waals surface area contributed by atoms with Gasteiger partial charge in [-0.15, -0.1) is 0 Å². The average Bonchev–Trinajstić information content (AvgIpc) is 2.98. The Morgan fingerprint density at radius 3 is 2.76 bits per heavy atom. The summed E-state index contributed by atoms with van der Waals surface area (Å²) in [6.45, 7) is 10.4. The minimum absolute atomic E-state index is 0.0746. The minimum Gasteiger partial charge on any atom is -0.465 e. The Labute approximate surface area is 150 Å². The first-order valence-electron chi connectivity index (χ1n) is 9.61. The first-order valence-corrected chi connectivity index (χ1v) is 9.61. The van der Waals surface area contributed by atoms with E-state index in [2.05, 4.69) is 25.7 Å². The van der Waals surface area contributed by atoms with Gasteiger partial charge >= 0.3 is 0 Å². The van der Waals surface area contributed by atoms with Gasteiger partial charge < -0.3 is 14.2 Å². The fraction of sp³-hybridized carbons (Fsp3) is 0.700. The van der Waals surface area contributed by atoms with Gasteiger partial charge in [0.05, 0.1) is 5.56 Å². The maximum Gasteiger partial charge on any atom is 0.257 e. The number of hydrogen-bond donors (Lipinski definition) is 0. The Morgan fingerprint density at radius 1 is 1.36 bits per heavy atom. The lowest BCUT2D eigenvalue weighted by molar-refractivity contribution is -0.140. The maximum atomic E-state index is 13.0. The van der Waals surface area contributed by atoms with Gasteiger partial charge in [0.2, 0.25) is 5.91 Å². The molecule has 5 heteroatoms. The number of aryl methyl sites for hydroxylation is 1. The maximum absolute atomic E-state index is 13.0. The standard InChI is InChI=1S/C20H30N2O3/c1-5-9-22-17-8-10-21(12-15(17)6-7-19(22)23)20(24)16-11-18(13(2)3)25-14(16)4/h11,13,15,17H,5-10,12H2,1-4H3/t15-,17+/m0/s1. The molecule has 2 aliphatic rings. The largest absolute Gasteiger partial charge is 0.465 e. The van der Waals surface area contributed by atoms with Gasteiger partial charge in [-0.05, 0) is 38.2 Å². The first kappa shape index (κ1) is 18.0. The van der Waals surface area contributed by atoms with E-state index in [1.165, 1.54) is 0 Å². The Morgan fingerprint density at radius 2 is 2.12 bits per heavy atom. The van der Waals surface area contributed by atoms with Gasteiger partial charge in [-0.2, -0.15) is 0 Å². The van der Waals surface area contributed by atoms with Crippen LogP contribution < -0.4 is 0 Å². The van der Waals surface area contributed by atoms with Crippen LogP contribution >= 0.6 is 0 Å². The molecule has 2 aliphatic heterocycles. The van der Waals surface area contributed by atoms with Gasteiger partial charge in [-0.3, -0.25) is 9.59 Å². The van der Waals surface area contributed by atoms with Crippen molar-refractivity contribution in [3.63, 3.8) is 0 Å². The van der Waals surface area contributed by atoms with Gasteiger partial charge in [-0.1, -0.05) is 20.8 Å². The second-order valence-electron chi connectivity index (χ2n) is 7.77. The smallest absolute Gasteiger partial charge is 0.257 e. The van der Waals surface area contributed by atoms with Crippen LogP contribution in [0.1, 0.15) is 74.3 Å². The zero-order valence-electron chi connectivity index (χ0n) is 15.9. The average molecular weight is 346 g/mol. The summed E-state index contributed by atoms with van der Waals surface area (Å²) >= 11 is 0. The van der Waals surface area contributed by atoms with Gasteiger partial charge in [-0.25, -0.2) is 0 Å². The topological polar surface area (TPSA) is 53.8 Å². The lowest BCUT2D eigenvalue weighted by Crippen LogP contribution is -2.57. The van der Waals surface area contributed by atoms with E-state index < -0.39 is 0 Å². The van der Waals surface area contributed by atoms with Crippen molar-refractivity contribution >= 4 is 11.8 Å². The zero-order chi connectivity index (χ0) is 18.1. The molecule has 0 unspecified atom stereocenters. The van der Waals surface area contributed by atoms with Gasteiger partial charge in [0, 0.05) is 38.0 Å². The molecular weight excluding hydrogens is 316 g/mol. The second kappa shape index (κ2) is 7.22. The summed E-state index contributed by atoms with van der Waals surface area (Å²) in [4.78, 5) is 29.2. The molecule has 5 nitrogen and oxygen atoms in total. The van der Waals surface area contributed by atoms with Crippen LogP contribution in [0.5, 0.6) is 0 Å². The number of amides is 2. The molecule has 0 saturated carbocycles. The molecule has 2 saturated heterocycles. The van der Waals surface area contributed by atoms with E-state index in [1.807, 2.05) is 17.9 Å². The predicted molar refractivity (Wildman–Crippen MR) is 96.6 cm³/mol. The van der Waals surface area contributed by atoms with E-state index in [9.17, 15) is 9.59 Å². The van der Waals surface area contributed by atoms with Crippen LogP contribution in [0, 0.1) is 12.8 Å². The third kappa shape index (κ3) is 3.46. The van der Waals surface area contributed by atoms with Crippen molar-refractivity contribution in [3.8, 4) is 0 Å². The lowest BCUT2D eigenvalue weighted by Gasteiger charge is -2.47. The molecule has 1 aromatic rings. The molecule has 2 amide bonds. The van der Waals surface area contributed by atoms with E-state index in [4.69, 9.17) is 4.42 Å². The molecule has 0 aliphatic carbocycles. The molecule has 0 N–H and O–H groups in total. The molecule has 2 fully saturated rings. The van der Waals surface area contributed by atoms with E-state index in [-0.39, 0.29) is 17.7 Å². The number of furan rings is 1. The van der Waals surface area contributed by atoms with Crippen LogP contribution in [0.4, 0.5) is 0 Å². The highest BCUT2D eigenvalue weighted by Gasteiger charge is 2.40. The summed E-state index contributed by atoms with van der Waals surface area (Å²) in [5.74, 6) is 2.62. The molecule has 3 heterocycles. The Balaban J connectivity index is 1.72. The molecule has 1 aromatic heterocycles. The van der Waals surface area contributed by atoms with Gasteiger partial charge in [0.15, 0.2) is 0 Å². The number of rotatable bonds is 4. The van der Waals surface area contributed by atoms with Crippen molar-refractivity contribution in [2.24, 2.45) is 5.92 Å². The van der Waals surface area contributed by atoms with Crippen molar-refractivity contribution in [2.75, 3.05) is 19.6 Å². The van der Waals surface area contributed by atoms with Crippen LogP contribution in [0.2, 0.25) is 0 Å². The highest BCUT2D eigenvalue weighted by molar-refractivity contribution is 5.95. The van der Waals surface area contributed by atoms with Crippen molar-refractivity contribution in [1.29, 1.82) is 0 Å². The second-order valence-corrected chi connectivity index (χ2v) is 7.77. The molecule has 3 rings (SSSR count). The van der Waals surface area contributed by atoms with Crippen molar-refractivity contribution < 1.29 is 14.0 Å². The fourth-order valence-electron chi connectivity index (χ4n) is 4.24. The van der Waals surface area contributed by atoms with E-state index in [0.717, 1.165) is 44.7 Å². The number of carbonyl (C=O) groups is 2. The van der Waals surface area contributed by atoms with E-state index >= 15 is 0 Å². The predicted octanol–water partition coefficient (Wildman–Crippen LogP) is 3.57. The van der Waals surface area contributed by atoms with E-state index in [1.54, 1.807) is 0 Å². The molecular formula is C20H30N2O3. The number of piperidine rings is 2. The first-order chi connectivity index (χ1) is 11.9. The lowest BCUT2D eigenvalue weighted by atomic mass is 9.83. The number of carbonyl (C=O) groups excluding carboxylic acids is 2. The number of fused-ring (bicyclic) bond motifs is 1. The number of likely N-dealkylation sites (tertiary alicyclic amines) is 2. The van der Waals surface area contributed by atoms with Crippen molar-refractivity contribution in [2.45, 2.75) is 65.3 Å². The van der Waals surface area contributed by atoms with Crippen molar-refractivity contribution in [3.05, 3.63) is 23.2 Å². The van der Waals surface area contributed by atoms with Crippen LogP contribution in [0.3, 0.4) is 0 Å². The molecule has 2 atom stereocenters. The van der Waals surface area contributed by atoms with Crippen LogP contribution in [-0.2, 0) is 4.79 Å². The number of hydrogen-bond acceptors (Lipinski definition) is 3. The highest BCUT2D eigenvalue weighted by atomic mass is 16.3.